The Bertz CT molecular complexity index is 522. The van der Waals surface area contributed by atoms with Crippen molar-refractivity contribution < 1.29 is 4.52 Å². The highest BCUT2D eigenvalue weighted by Gasteiger charge is 2.10. The Morgan fingerprint density at radius 2 is 2.16 bits per heavy atom. The number of aryl methyl sites for hydroxylation is 2. The lowest BCUT2D eigenvalue weighted by atomic mass is 10.0. The van der Waals surface area contributed by atoms with Crippen molar-refractivity contribution in [3.05, 3.63) is 35.7 Å². The predicted molar refractivity (Wildman–Crippen MR) is 75.6 cm³/mol. The van der Waals surface area contributed by atoms with Gasteiger partial charge in [-0.2, -0.15) is 4.98 Å². The molecular formula is C15H21N3O. The van der Waals surface area contributed by atoms with E-state index in [0.717, 1.165) is 31.4 Å². The van der Waals surface area contributed by atoms with Crippen molar-refractivity contribution in [2.24, 2.45) is 11.7 Å². The lowest BCUT2D eigenvalue weighted by molar-refractivity contribution is 0.362. The van der Waals surface area contributed by atoms with Gasteiger partial charge in [0.05, 0.1) is 0 Å². The maximum absolute atomic E-state index is 5.54. The minimum atomic E-state index is 0.597. The molecule has 2 N–H and O–H groups in total. The first kappa shape index (κ1) is 13.7. The fourth-order valence-corrected chi connectivity index (χ4v) is 2.06. The summed E-state index contributed by atoms with van der Waals surface area (Å²) in [4.78, 5) is 4.44. The van der Waals surface area contributed by atoms with E-state index in [4.69, 9.17) is 10.3 Å². The number of nitrogens with zero attached hydrogens (tertiary/aromatic N) is 2. The molecule has 0 fully saturated rings. The maximum atomic E-state index is 5.54. The molecule has 0 radical (unpaired) electrons. The van der Waals surface area contributed by atoms with Crippen LogP contribution in [-0.2, 0) is 6.42 Å². The summed E-state index contributed by atoms with van der Waals surface area (Å²) >= 11 is 0. The third-order valence-corrected chi connectivity index (χ3v) is 3.25. The van der Waals surface area contributed by atoms with Crippen molar-refractivity contribution in [2.45, 2.75) is 33.1 Å². The van der Waals surface area contributed by atoms with Crippen LogP contribution in [0.2, 0.25) is 0 Å². The van der Waals surface area contributed by atoms with Crippen molar-refractivity contribution in [2.75, 3.05) is 6.54 Å². The third kappa shape index (κ3) is 3.89. The van der Waals surface area contributed by atoms with Gasteiger partial charge in [0.25, 0.3) is 0 Å². The monoisotopic (exact) mass is 259 g/mol. The fraction of sp³-hybridized carbons (Fsp3) is 0.467. The van der Waals surface area contributed by atoms with E-state index in [1.165, 1.54) is 5.56 Å². The topological polar surface area (TPSA) is 64.9 Å². The summed E-state index contributed by atoms with van der Waals surface area (Å²) in [5.41, 5.74) is 7.74. The van der Waals surface area contributed by atoms with Crippen LogP contribution in [0.15, 0.2) is 28.8 Å². The third-order valence-electron chi connectivity index (χ3n) is 3.25. The van der Waals surface area contributed by atoms with Gasteiger partial charge in [0.1, 0.15) is 0 Å². The van der Waals surface area contributed by atoms with E-state index in [-0.39, 0.29) is 0 Å². The van der Waals surface area contributed by atoms with Gasteiger partial charge in [-0.25, -0.2) is 0 Å². The summed E-state index contributed by atoms with van der Waals surface area (Å²) in [5.74, 6) is 1.98. The van der Waals surface area contributed by atoms with Gasteiger partial charge >= 0.3 is 0 Å². The molecule has 1 aromatic heterocycles. The van der Waals surface area contributed by atoms with Gasteiger partial charge in [0.15, 0.2) is 0 Å². The molecule has 0 saturated heterocycles. The van der Waals surface area contributed by atoms with Gasteiger partial charge in [0, 0.05) is 12.0 Å². The molecule has 1 heterocycles. The molecule has 2 aromatic rings. The fourth-order valence-electron chi connectivity index (χ4n) is 2.06. The molecule has 0 aliphatic rings. The smallest absolute Gasteiger partial charge is 0.226 e. The Labute approximate surface area is 114 Å². The molecule has 1 aromatic carbocycles. The summed E-state index contributed by atoms with van der Waals surface area (Å²) in [6.07, 6.45) is 2.89. The second kappa shape index (κ2) is 6.48. The van der Waals surface area contributed by atoms with E-state index in [2.05, 4.69) is 36.1 Å². The lowest BCUT2D eigenvalue weighted by Crippen LogP contribution is -2.06. The predicted octanol–water partition coefficient (Wildman–Crippen LogP) is 2.96. The molecule has 4 heteroatoms. The zero-order valence-corrected chi connectivity index (χ0v) is 11.6. The molecule has 2 rings (SSSR count). The molecule has 0 spiro atoms. The summed E-state index contributed by atoms with van der Waals surface area (Å²) in [6, 6.07) is 8.12. The van der Waals surface area contributed by atoms with E-state index >= 15 is 0 Å². The molecule has 0 amide bonds. The van der Waals surface area contributed by atoms with Crippen LogP contribution in [0.25, 0.3) is 11.4 Å². The van der Waals surface area contributed by atoms with Gasteiger partial charge in [-0.1, -0.05) is 35.8 Å². The highest BCUT2D eigenvalue weighted by atomic mass is 16.5. The summed E-state index contributed by atoms with van der Waals surface area (Å²) in [6.45, 7) is 4.99. The first-order chi connectivity index (χ1) is 9.19. The van der Waals surface area contributed by atoms with E-state index in [1.54, 1.807) is 0 Å². The van der Waals surface area contributed by atoms with E-state index < -0.39 is 0 Å². The van der Waals surface area contributed by atoms with E-state index in [9.17, 15) is 0 Å². The van der Waals surface area contributed by atoms with Gasteiger partial charge in [-0.15, -0.1) is 0 Å². The normalized spacial score (nSPS) is 12.6. The molecular weight excluding hydrogens is 238 g/mol. The largest absolute Gasteiger partial charge is 0.339 e. The Hall–Kier alpha value is -1.68. The zero-order valence-electron chi connectivity index (χ0n) is 11.6. The number of hydrogen-bond donors (Lipinski definition) is 1. The van der Waals surface area contributed by atoms with Crippen LogP contribution in [0, 0.1) is 12.8 Å². The first-order valence-corrected chi connectivity index (χ1v) is 6.78. The number of rotatable bonds is 6. The minimum absolute atomic E-state index is 0.597. The standard InChI is InChI=1S/C15H21N3O/c1-11(8-9-16)6-7-14-17-15(18-19-14)13-5-3-4-12(2)10-13/h3-5,10-11H,6-9,16H2,1-2H3. The van der Waals surface area contributed by atoms with Crippen LogP contribution in [0.4, 0.5) is 0 Å². The first-order valence-electron chi connectivity index (χ1n) is 6.78. The molecule has 102 valence electrons. The van der Waals surface area contributed by atoms with Crippen molar-refractivity contribution in [3.63, 3.8) is 0 Å². The number of hydrogen-bond acceptors (Lipinski definition) is 4. The van der Waals surface area contributed by atoms with Gasteiger partial charge in [0.2, 0.25) is 11.7 Å². The average Bonchev–Trinajstić information content (AvgIpc) is 2.85. The van der Waals surface area contributed by atoms with Gasteiger partial charge < -0.3 is 10.3 Å². The maximum Gasteiger partial charge on any atom is 0.226 e. The van der Waals surface area contributed by atoms with Crippen LogP contribution < -0.4 is 5.73 Å². The molecule has 1 atom stereocenters. The SMILES string of the molecule is Cc1cccc(-c2noc(CCC(C)CCN)n2)c1. The molecule has 0 bridgehead atoms. The highest BCUT2D eigenvalue weighted by Crippen LogP contribution is 2.18. The molecule has 0 saturated carbocycles. The van der Waals surface area contributed by atoms with Crippen LogP contribution in [0.5, 0.6) is 0 Å². The average molecular weight is 259 g/mol. The second-order valence-corrected chi connectivity index (χ2v) is 5.10. The number of aromatic nitrogens is 2. The summed E-state index contributed by atoms with van der Waals surface area (Å²) in [5, 5.41) is 4.04. The van der Waals surface area contributed by atoms with Crippen LogP contribution in [0.1, 0.15) is 31.2 Å². The lowest BCUT2D eigenvalue weighted by Gasteiger charge is -2.06. The Balaban J connectivity index is 1.99. The minimum Gasteiger partial charge on any atom is -0.339 e. The van der Waals surface area contributed by atoms with E-state index in [1.807, 2.05) is 12.1 Å². The van der Waals surface area contributed by atoms with Gasteiger partial charge in [-0.3, -0.25) is 0 Å². The highest BCUT2D eigenvalue weighted by molar-refractivity contribution is 5.55. The molecule has 19 heavy (non-hydrogen) atoms. The number of nitrogens with two attached hydrogens (primary N) is 1. The molecule has 0 aliphatic heterocycles. The second-order valence-electron chi connectivity index (χ2n) is 5.10. The van der Waals surface area contributed by atoms with Crippen molar-refractivity contribution in [1.82, 2.24) is 10.1 Å². The molecule has 1 unspecified atom stereocenters. The van der Waals surface area contributed by atoms with Crippen LogP contribution in [-0.4, -0.2) is 16.7 Å². The Morgan fingerprint density at radius 3 is 2.89 bits per heavy atom. The van der Waals surface area contributed by atoms with Gasteiger partial charge in [-0.05, 0) is 38.3 Å². The molecule has 0 aliphatic carbocycles. The van der Waals surface area contributed by atoms with Crippen molar-refractivity contribution >= 4 is 0 Å². The number of benzene rings is 1. The Morgan fingerprint density at radius 1 is 1.32 bits per heavy atom. The summed E-state index contributed by atoms with van der Waals surface area (Å²) in [7, 11) is 0. The summed E-state index contributed by atoms with van der Waals surface area (Å²) < 4.78 is 5.30. The van der Waals surface area contributed by atoms with Crippen molar-refractivity contribution in [3.8, 4) is 11.4 Å². The van der Waals surface area contributed by atoms with Crippen molar-refractivity contribution in [1.29, 1.82) is 0 Å². The Kier molecular flexibility index (Phi) is 4.68. The van der Waals surface area contributed by atoms with Crippen LogP contribution >= 0.6 is 0 Å². The zero-order chi connectivity index (χ0) is 13.7. The quantitative estimate of drug-likeness (QED) is 0.866. The van der Waals surface area contributed by atoms with Crippen LogP contribution in [0.3, 0.4) is 0 Å². The van der Waals surface area contributed by atoms with E-state index in [0.29, 0.717) is 17.6 Å². The molecule has 4 nitrogen and oxygen atoms in total.